The molecule has 1 atom stereocenters. The van der Waals surface area contributed by atoms with E-state index in [1.807, 2.05) is 0 Å². The first-order valence-electron chi connectivity index (χ1n) is 5.00. The van der Waals surface area contributed by atoms with Crippen molar-refractivity contribution < 1.29 is 9.00 Å². The number of carbonyl (C=O) groups excluding carboxylic acids is 1. The normalized spacial score (nSPS) is 12.4. The molecule has 0 saturated carbocycles. The topological polar surface area (TPSA) is 77.1 Å². The molecule has 1 rings (SSSR count). The van der Waals surface area contributed by atoms with E-state index in [2.05, 4.69) is 5.32 Å². The first-order valence-corrected chi connectivity index (χ1v) is 6.73. The number of rotatable bonds is 5. The quantitative estimate of drug-likeness (QED) is 0.720. The number of anilines is 1. The maximum Gasteiger partial charge on any atom is 0.267 e. The molecular weight excluding hydrogens is 226 g/mol. The van der Waals surface area contributed by atoms with Gasteiger partial charge in [0.15, 0.2) is 0 Å². The highest BCUT2D eigenvalue weighted by Crippen LogP contribution is 2.08. The van der Waals surface area contributed by atoms with Crippen LogP contribution in [0.5, 0.6) is 0 Å². The highest BCUT2D eigenvalue weighted by molar-refractivity contribution is 7.84. The Morgan fingerprint density at radius 3 is 2.81 bits per heavy atom. The van der Waals surface area contributed by atoms with Crippen LogP contribution >= 0.6 is 0 Å². The van der Waals surface area contributed by atoms with Gasteiger partial charge in [0.05, 0.1) is 5.69 Å². The molecule has 0 aliphatic carbocycles. The summed E-state index contributed by atoms with van der Waals surface area (Å²) in [7, 11) is 0.969. The smallest absolute Gasteiger partial charge is 0.267 e. The molecule has 1 heterocycles. The van der Waals surface area contributed by atoms with Crippen LogP contribution in [0, 0.1) is 0 Å². The van der Waals surface area contributed by atoms with Gasteiger partial charge in [-0.15, -0.1) is 0 Å². The fourth-order valence-corrected chi connectivity index (χ4v) is 1.93. The highest BCUT2D eigenvalue weighted by Gasteiger charge is 2.09. The molecule has 0 spiro atoms. The molecule has 0 fully saturated rings. The van der Waals surface area contributed by atoms with Gasteiger partial charge in [0, 0.05) is 42.6 Å². The van der Waals surface area contributed by atoms with Crippen LogP contribution in [-0.2, 0) is 17.8 Å². The Morgan fingerprint density at radius 1 is 1.62 bits per heavy atom. The molecule has 0 saturated heterocycles. The van der Waals surface area contributed by atoms with E-state index in [-0.39, 0.29) is 5.91 Å². The molecule has 0 aliphatic heterocycles. The molecule has 1 aromatic rings. The Bertz CT molecular complexity index is 401. The second kappa shape index (κ2) is 5.69. The summed E-state index contributed by atoms with van der Waals surface area (Å²) in [6.45, 7) is 0.531. The lowest BCUT2D eigenvalue weighted by Gasteiger charge is -2.04. The molecule has 6 heteroatoms. The molecule has 3 N–H and O–H groups in total. The molecule has 0 aliphatic rings. The van der Waals surface area contributed by atoms with E-state index in [0.717, 1.165) is 6.42 Å². The number of nitrogens with one attached hydrogen (secondary N) is 1. The van der Waals surface area contributed by atoms with Gasteiger partial charge in [0.2, 0.25) is 0 Å². The van der Waals surface area contributed by atoms with Gasteiger partial charge in [-0.3, -0.25) is 9.00 Å². The number of nitrogens with zero attached hydrogens (tertiary/aromatic N) is 1. The number of nitrogen functional groups attached to an aromatic ring is 1. The summed E-state index contributed by atoms with van der Waals surface area (Å²) in [6.07, 6.45) is 4.06. The number of nitrogens with two attached hydrogens (primary N) is 1. The number of hydrogen-bond donors (Lipinski definition) is 2. The van der Waals surface area contributed by atoms with Crippen LogP contribution in [0.1, 0.15) is 16.9 Å². The zero-order chi connectivity index (χ0) is 12.1. The third kappa shape index (κ3) is 3.69. The predicted molar refractivity (Wildman–Crippen MR) is 65.7 cm³/mol. The van der Waals surface area contributed by atoms with Crippen molar-refractivity contribution in [3.8, 4) is 0 Å². The van der Waals surface area contributed by atoms with E-state index in [1.165, 1.54) is 0 Å². The lowest BCUT2D eigenvalue weighted by atomic mass is 10.3. The van der Waals surface area contributed by atoms with E-state index < -0.39 is 10.8 Å². The Kier molecular flexibility index (Phi) is 4.54. The molecule has 5 nitrogen and oxygen atoms in total. The van der Waals surface area contributed by atoms with E-state index in [9.17, 15) is 9.00 Å². The van der Waals surface area contributed by atoms with Gasteiger partial charge in [0.25, 0.3) is 5.91 Å². The Morgan fingerprint density at radius 2 is 2.31 bits per heavy atom. The summed E-state index contributed by atoms with van der Waals surface area (Å²) in [6, 6.07) is 1.63. The summed E-state index contributed by atoms with van der Waals surface area (Å²) >= 11 is 0. The van der Waals surface area contributed by atoms with Gasteiger partial charge in [-0.25, -0.2) is 0 Å². The second-order valence-corrected chi connectivity index (χ2v) is 5.21. The number of carbonyl (C=O) groups is 1. The lowest BCUT2D eigenvalue weighted by molar-refractivity contribution is 0.0945. The van der Waals surface area contributed by atoms with Crippen LogP contribution in [0.25, 0.3) is 0 Å². The van der Waals surface area contributed by atoms with Crippen molar-refractivity contribution in [3.05, 3.63) is 18.0 Å². The maximum absolute atomic E-state index is 11.7. The first-order chi connectivity index (χ1) is 7.50. The molecule has 0 aromatic carbocycles. The monoisotopic (exact) mass is 243 g/mol. The van der Waals surface area contributed by atoms with Gasteiger partial charge in [-0.05, 0) is 12.5 Å². The van der Waals surface area contributed by atoms with E-state index in [1.54, 1.807) is 30.1 Å². The SMILES string of the molecule is Cn1cc(N)cc1C(=O)NCCCS(C)=O. The van der Waals surface area contributed by atoms with E-state index in [0.29, 0.717) is 23.7 Å². The zero-order valence-corrected chi connectivity index (χ0v) is 10.3. The summed E-state index contributed by atoms with van der Waals surface area (Å²) in [5.74, 6) is 0.455. The molecule has 0 radical (unpaired) electrons. The molecule has 1 aromatic heterocycles. The van der Waals surface area contributed by atoms with Crippen molar-refractivity contribution in [1.29, 1.82) is 0 Å². The molecule has 1 amide bonds. The van der Waals surface area contributed by atoms with Crippen LogP contribution in [0.4, 0.5) is 5.69 Å². The van der Waals surface area contributed by atoms with Gasteiger partial charge < -0.3 is 15.6 Å². The van der Waals surface area contributed by atoms with Gasteiger partial charge >= 0.3 is 0 Å². The van der Waals surface area contributed by atoms with Crippen LogP contribution in [0.2, 0.25) is 0 Å². The Balaban J connectivity index is 2.41. The van der Waals surface area contributed by atoms with Crippen molar-refractivity contribution in [2.24, 2.45) is 7.05 Å². The number of hydrogen-bond acceptors (Lipinski definition) is 3. The van der Waals surface area contributed by atoms with Crippen LogP contribution in [0.3, 0.4) is 0 Å². The minimum Gasteiger partial charge on any atom is -0.397 e. The lowest BCUT2D eigenvalue weighted by Crippen LogP contribution is -2.27. The van der Waals surface area contributed by atoms with Crippen molar-refractivity contribution >= 4 is 22.4 Å². The van der Waals surface area contributed by atoms with E-state index >= 15 is 0 Å². The Labute approximate surface area is 97.5 Å². The number of amides is 1. The summed E-state index contributed by atoms with van der Waals surface area (Å²) in [5, 5.41) is 2.76. The van der Waals surface area contributed by atoms with Gasteiger partial charge in [0.1, 0.15) is 5.69 Å². The number of aromatic nitrogens is 1. The van der Waals surface area contributed by atoms with Crippen LogP contribution < -0.4 is 11.1 Å². The predicted octanol–water partition coefficient (Wildman–Crippen LogP) is 0.106. The first kappa shape index (κ1) is 12.8. The van der Waals surface area contributed by atoms with E-state index in [4.69, 9.17) is 5.73 Å². The largest absolute Gasteiger partial charge is 0.397 e. The third-order valence-corrected chi connectivity index (χ3v) is 3.02. The molecule has 0 bridgehead atoms. The van der Waals surface area contributed by atoms with Gasteiger partial charge in [-0.1, -0.05) is 0 Å². The third-order valence-electron chi connectivity index (χ3n) is 2.15. The van der Waals surface area contributed by atoms with Crippen LogP contribution in [0.15, 0.2) is 12.3 Å². The van der Waals surface area contributed by atoms with Crippen molar-refractivity contribution in [1.82, 2.24) is 9.88 Å². The summed E-state index contributed by atoms with van der Waals surface area (Å²) in [4.78, 5) is 11.7. The minimum atomic E-state index is -0.802. The van der Waals surface area contributed by atoms with Crippen LogP contribution in [-0.4, -0.2) is 33.2 Å². The number of aryl methyl sites for hydroxylation is 1. The highest BCUT2D eigenvalue weighted by atomic mass is 32.2. The molecular formula is C10H17N3O2S. The second-order valence-electron chi connectivity index (χ2n) is 3.66. The van der Waals surface area contributed by atoms with Crippen molar-refractivity contribution in [3.63, 3.8) is 0 Å². The average Bonchev–Trinajstić information content (AvgIpc) is 2.52. The maximum atomic E-state index is 11.7. The minimum absolute atomic E-state index is 0.152. The Hall–Kier alpha value is -1.30. The van der Waals surface area contributed by atoms with Crippen molar-refractivity contribution in [2.75, 3.05) is 24.3 Å². The zero-order valence-electron chi connectivity index (χ0n) is 9.53. The fraction of sp³-hybridized carbons (Fsp3) is 0.500. The van der Waals surface area contributed by atoms with Crippen molar-refractivity contribution in [2.45, 2.75) is 6.42 Å². The average molecular weight is 243 g/mol. The molecule has 1 unspecified atom stereocenters. The summed E-state index contributed by atoms with van der Waals surface area (Å²) in [5.41, 5.74) is 6.68. The standard InChI is InChI=1S/C10H17N3O2S/c1-13-7-8(11)6-9(13)10(14)12-4-3-5-16(2)15/h6-7H,3-5,11H2,1-2H3,(H,12,14). The molecule has 16 heavy (non-hydrogen) atoms. The van der Waals surface area contributed by atoms with Gasteiger partial charge in [-0.2, -0.15) is 0 Å². The summed E-state index contributed by atoms with van der Waals surface area (Å²) < 4.78 is 12.5. The molecule has 90 valence electrons. The fourth-order valence-electron chi connectivity index (χ4n) is 1.38.